The normalized spacial score (nSPS) is 21.5. The number of para-hydroxylation sites is 1. The van der Waals surface area contributed by atoms with Gasteiger partial charge in [-0.3, -0.25) is 9.69 Å². The van der Waals surface area contributed by atoms with E-state index in [4.69, 9.17) is 0 Å². The Morgan fingerprint density at radius 2 is 1.92 bits per heavy atom. The number of aryl methyl sites for hydroxylation is 1. The summed E-state index contributed by atoms with van der Waals surface area (Å²) in [6.45, 7) is 5.94. The summed E-state index contributed by atoms with van der Waals surface area (Å²) in [6.07, 6.45) is 5.42. The highest BCUT2D eigenvalue weighted by atomic mass is 16.2. The molecule has 0 unspecified atom stereocenters. The van der Waals surface area contributed by atoms with Crippen LogP contribution in [0.4, 0.5) is 0 Å². The van der Waals surface area contributed by atoms with Crippen LogP contribution in [-0.2, 0) is 0 Å². The molecular weight excluding hydrogens is 300 g/mol. The maximum Gasteiger partial charge on any atom is 0.257 e. The molecule has 1 amide bonds. The second kappa shape index (κ2) is 6.40. The van der Waals surface area contributed by atoms with Gasteiger partial charge in [0.15, 0.2) is 0 Å². The van der Waals surface area contributed by atoms with Crippen molar-refractivity contribution in [2.45, 2.75) is 32.2 Å². The van der Waals surface area contributed by atoms with E-state index in [2.05, 4.69) is 10.00 Å². The Kier molecular flexibility index (Phi) is 4.10. The molecule has 4 rings (SSSR count). The summed E-state index contributed by atoms with van der Waals surface area (Å²) in [6, 6.07) is 10.5. The van der Waals surface area contributed by atoms with Crippen molar-refractivity contribution in [3.8, 4) is 5.69 Å². The number of nitrogens with zero attached hydrogens (tertiary/aromatic N) is 4. The molecule has 1 aromatic carbocycles. The molecule has 0 N–H and O–H groups in total. The molecule has 1 atom stereocenters. The number of carbonyl (C=O) groups excluding carboxylic acids is 1. The summed E-state index contributed by atoms with van der Waals surface area (Å²) in [4.78, 5) is 17.6. The van der Waals surface area contributed by atoms with Crippen molar-refractivity contribution < 1.29 is 4.79 Å². The van der Waals surface area contributed by atoms with Crippen LogP contribution in [0.25, 0.3) is 5.69 Å². The standard InChI is InChI=1S/C19H24N4O/c1-15-18(14-23(20-15)16-7-3-2-4-8-16)19(24)22-12-6-11-21-10-5-9-17(21)13-22/h2-4,7-8,14,17H,5-6,9-13H2,1H3/t17-/m1/s1. The monoisotopic (exact) mass is 324 g/mol. The second-order valence-electron chi connectivity index (χ2n) is 6.85. The van der Waals surface area contributed by atoms with Crippen LogP contribution in [-0.4, -0.2) is 57.7 Å². The van der Waals surface area contributed by atoms with Crippen molar-refractivity contribution >= 4 is 5.91 Å². The molecular formula is C19H24N4O. The number of carbonyl (C=O) groups is 1. The first-order valence-electron chi connectivity index (χ1n) is 8.87. The Bertz CT molecular complexity index is 724. The quantitative estimate of drug-likeness (QED) is 0.852. The van der Waals surface area contributed by atoms with E-state index in [0.29, 0.717) is 6.04 Å². The highest BCUT2D eigenvalue weighted by molar-refractivity contribution is 5.95. The van der Waals surface area contributed by atoms with E-state index in [0.717, 1.165) is 43.0 Å². The highest BCUT2D eigenvalue weighted by Crippen LogP contribution is 2.23. The van der Waals surface area contributed by atoms with Crippen LogP contribution >= 0.6 is 0 Å². The van der Waals surface area contributed by atoms with Gasteiger partial charge >= 0.3 is 0 Å². The Labute approximate surface area is 142 Å². The smallest absolute Gasteiger partial charge is 0.257 e. The van der Waals surface area contributed by atoms with Gasteiger partial charge in [-0.25, -0.2) is 4.68 Å². The minimum atomic E-state index is 0.128. The predicted molar refractivity (Wildman–Crippen MR) is 93.4 cm³/mol. The fraction of sp³-hybridized carbons (Fsp3) is 0.474. The Morgan fingerprint density at radius 1 is 1.12 bits per heavy atom. The average Bonchev–Trinajstić information content (AvgIpc) is 3.16. The molecule has 2 aliphatic heterocycles. The molecule has 1 aromatic heterocycles. The molecule has 2 saturated heterocycles. The van der Waals surface area contributed by atoms with E-state index in [9.17, 15) is 4.79 Å². The zero-order valence-electron chi connectivity index (χ0n) is 14.2. The molecule has 0 spiro atoms. The van der Waals surface area contributed by atoms with Gasteiger partial charge in [0.05, 0.1) is 16.9 Å². The number of hydrogen-bond donors (Lipinski definition) is 0. The van der Waals surface area contributed by atoms with Crippen LogP contribution in [0.15, 0.2) is 36.5 Å². The van der Waals surface area contributed by atoms with Crippen LogP contribution in [0.3, 0.4) is 0 Å². The minimum absolute atomic E-state index is 0.128. The minimum Gasteiger partial charge on any atom is -0.337 e. The van der Waals surface area contributed by atoms with Gasteiger partial charge in [0.25, 0.3) is 5.91 Å². The Balaban J connectivity index is 1.57. The number of rotatable bonds is 2. The number of benzene rings is 1. The van der Waals surface area contributed by atoms with E-state index in [1.165, 1.54) is 19.4 Å². The molecule has 2 fully saturated rings. The van der Waals surface area contributed by atoms with Gasteiger partial charge in [-0.15, -0.1) is 0 Å². The van der Waals surface area contributed by atoms with Gasteiger partial charge in [0, 0.05) is 31.9 Å². The summed E-state index contributed by atoms with van der Waals surface area (Å²) in [5.74, 6) is 0.128. The fourth-order valence-electron chi connectivity index (χ4n) is 3.94. The third-order valence-electron chi connectivity index (χ3n) is 5.24. The summed E-state index contributed by atoms with van der Waals surface area (Å²) < 4.78 is 1.81. The third-order valence-corrected chi connectivity index (χ3v) is 5.24. The number of hydrogen-bond acceptors (Lipinski definition) is 3. The first-order chi connectivity index (χ1) is 11.7. The SMILES string of the molecule is Cc1nn(-c2ccccc2)cc1C(=O)N1CCCN2CCC[C@@H]2C1. The van der Waals surface area contributed by atoms with Crippen molar-refractivity contribution in [2.75, 3.05) is 26.2 Å². The van der Waals surface area contributed by atoms with Crippen LogP contribution in [0.5, 0.6) is 0 Å². The lowest BCUT2D eigenvalue weighted by Crippen LogP contribution is -2.39. The number of amides is 1. The lowest BCUT2D eigenvalue weighted by molar-refractivity contribution is 0.0742. The lowest BCUT2D eigenvalue weighted by Gasteiger charge is -2.25. The average molecular weight is 324 g/mol. The van der Waals surface area contributed by atoms with Gasteiger partial charge in [-0.05, 0) is 44.9 Å². The van der Waals surface area contributed by atoms with Crippen LogP contribution in [0.1, 0.15) is 35.3 Å². The topological polar surface area (TPSA) is 41.4 Å². The molecule has 2 aliphatic rings. The lowest BCUT2D eigenvalue weighted by atomic mass is 10.2. The van der Waals surface area contributed by atoms with Crippen LogP contribution < -0.4 is 0 Å². The fourth-order valence-corrected chi connectivity index (χ4v) is 3.94. The molecule has 2 aromatic rings. The van der Waals surface area contributed by atoms with Gasteiger partial charge in [-0.2, -0.15) is 5.10 Å². The Morgan fingerprint density at radius 3 is 2.75 bits per heavy atom. The van der Waals surface area contributed by atoms with Crippen molar-refractivity contribution in [2.24, 2.45) is 0 Å². The number of aromatic nitrogens is 2. The largest absolute Gasteiger partial charge is 0.337 e. The molecule has 0 radical (unpaired) electrons. The molecule has 126 valence electrons. The molecule has 24 heavy (non-hydrogen) atoms. The highest BCUT2D eigenvalue weighted by Gasteiger charge is 2.31. The predicted octanol–water partition coefficient (Wildman–Crippen LogP) is 2.49. The molecule has 0 aliphatic carbocycles. The second-order valence-corrected chi connectivity index (χ2v) is 6.85. The molecule has 5 nitrogen and oxygen atoms in total. The van der Waals surface area contributed by atoms with E-state index < -0.39 is 0 Å². The summed E-state index contributed by atoms with van der Waals surface area (Å²) >= 11 is 0. The molecule has 0 bridgehead atoms. The van der Waals surface area contributed by atoms with Crippen molar-refractivity contribution in [3.63, 3.8) is 0 Å². The van der Waals surface area contributed by atoms with E-state index >= 15 is 0 Å². The number of fused-ring (bicyclic) bond motifs is 1. The van der Waals surface area contributed by atoms with Crippen LogP contribution in [0.2, 0.25) is 0 Å². The van der Waals surface area contributed by atoms with Crippen LogP contribution in [0, 0.1) is 6.92 Å². The molecule has 0 saturated carbocycles. The van der Waals surface area contributed by atoms with E-state index in [1.54, 1.807) is 0 Å². The van der Waals surface area contributed by atoms with Crippen molar-refractivity contribution in [1.82, 2.24) is 19.6 Å². The van der Waals surface area contributed by atoms with Gasteiger partial charge in [0.1, 0.15) is 0 Å². The van der Waals surface area contributed by atoms with E-state index in [1.807, 2.05) is 53.0 Å². The first kappa shape index (κ1) is 15.4. The maximum atomic E-state index is 13.1. The zero-order valence-corrected chi connectivity index (χ0v) is 14.2. The third kappa shape index (κ3) is 2.84. The van der Waals surface area contributed by atoms with E-state index in [-0.39, 0.29) is 5.91 Å². The maximum absolute atomic E-state index is 13.1. The summed E-state index contributed by atoms with van der Waals surface area (Å²) in [7, 11) is 0. The van der Waals surface area contributed by atoms with Crippen molar-refractivity contribution in [1.29, 1.82) is 0 Å². The zero-order chi connectivity index (χ0) is 16.5. The summed E-state index contributed by atoms with van der Waals surface area (Å²) in [5, 5.41) is 4.55. The van der Waals surface area contributed by atoms with Gasteiger partial charge in [-0.1, -0.05) is 18.2 Å². The first-order valence-corrected chi connectivity index (χ1v) is 8.87. The van der Waals surface area contributed by atoms with Gasteiger partial charge in [0.2, 0.25) is 0 Å². The van der Waals surface area contributed by atoms with Gasteiger partial charge < -0.3 is 4.90 Å². The summed E-state index contributed by atoms with van der Waals surface area (Å²) in [5.41, 5.74) is 2.51. The van der Waals surface area contributed by atoms with Crippen molar-refractivity contribution in [3.05, 3.63) is 47.8 Å². The Hall–Kier alpha value is -2.14. The molecule has 5 heteroatoms. The molecule has 3 heterocycles.